The van der Waals surface area contributed by atoms with Crippen molar-refractivity contribution in [1.82, 2.24) is 10.2 Å². The number of rotatable bonds is 2. The minimum Gasteiger partial charge on any atom is -0.273 e. The van der Waals surface area contributed by atoms with Crippen LogP contribution in [0.3, 0.4) is 0 Å². The van der Waals surface area contributed by atoms with Crippen LogP contribution in [0.2, 0.25) is 0 Å². The second-order valence-electron chi connectivity index (χ2n) is 4.76. The van der Waals surface area contributed by atoms with Crippen LogP contribution < -0.4 is 0 Å². The maximum atomic E-state index is 13.4. The molecule has 1 N–H and O–H groups in total. The molecule has 1 aromatic carbocycles. The van der Waals surface area contributed by atoms with Gasteiger partial charge in [0, 0.05) is 11.1 Å². The number of hydrogen-bond acceptors (Lipinski definition) is 1. The van der Waals surface area contributed by atoms with Gasteiger partial charge in [-0.25, -0.2) is 0 Å². The number of aromatic amines is 1. The van der Waals surface area contributed by atoms with Crippen molar-refractivity contribution < 1.29 is 35.1 Å². The topological polar surface area (TPSA) is 28.7 Å². The third kappa shape index (κ3) is 3.02. The van der Waals surface area contributed by atoms with E-state index in [0.29, 0.717) is 12.1 Å². The average molecular weight is 344 g/mol. The fraction of sp³-hybridized carbons (Fsp3) is 0.308. The Balaban J connectivity index is 2.63. The van der Waals surface area contributed by atoms with Gasteiger partial charge in [-0.3, -0.25) is 5.10 Å². The molecular formula is C13H8F8N2. The molecule has 0 saturated heterocycles. The Morgan fingerprint density at radius 2 is 1.52 bits per heavy atom. The average Bonchev–Trinajstić information content (AvgIpc) is 2.86. The molecule has 10 heteroatoms. The lowest BCUT2D eigenvalue weighted by atomic mass is 9.96. The lowest BCUT2D eigenvalue weighted by Crippen LogP contribution is -2.33. The van der Waals surface area contributed by atoms with E-state index < -0.39 is 40.7 Å². The highest BCUT2D eigenvalue weighted by molar-refractivity contribution is 5.70. The lowest BCUT2D eigenvalue weighted by Gasteiger charge is -2.21. The van der Waals surface area contributed by atoms with Gasteiger partial charge in [-0.1, -0.05) is 12.1 Å². The largest absolute Gasteiger partial charge is 0.458 e. The van der Waals surface area contributed by atoms with Gasteiger partial charge in [0.25, 0.3) is 0 Å². The molecule has 2 nitrogen and oxygen atoms in total. The number of aryl methyl sites for hydroxylation is 1. The first-order valence-electron chi connectivity index (χ1n) is 6.02. The summed E-state index contributed by atoms with van der Waals surface area (Å²) in [4.78, 5) is 0. The predicted octanol–water partition coefficient (Wildman–Crippen LogP) is 5.06. The SMILES string of the molecule is Cc1ccc(C(F)(F)C(F)(F)F)cc1-c1cn[nH]c1C(F)(F)F. The third-order valence-corrected chi connectivity index (χ3v) is 3.17. The van der Waals surface area contributed by atoms with E-state index in [4.69, 9.17) is 0 Å². The number of benzene rings is 1. The van der Waals surface area contributed by atoms with Crippen LogP contribution in [0.1, 0.15) is 16.8 Å². The van der Waals surface area contributed by atoms with Gasteiger partial charge in [0.15, 0.2) is 0 Å². The number of H-pyrrole nitrogens is 1. The number of nitrogens with zero attached hydrogens (tertiary/aromatic N) is 1. The second-order valence-corrected chi connectivity index (χ2v) is 4.76. The summed E-state index contributed by atoms with van der Waals surface area (Å²) in [6.45, 7) is 1.29. The fourth-order valence-corrected chi connectivity index (χ4v) is 1.98. The molecular weight excluding hydrogens is 336 g/mol. The predicted molar refractivity (Wildman–Crippen MR) is 63.7 cm³/mol. The smallest absolute Gasteiger partial charge is 0.273 e. The summed E-state index contributed by atoms with van der Waals surface area (Å²) < 4.78 is 102. The van der Waals surface area contributed by atoms with Crippen LogP contribution in [0.15, 0.2) is 24.4 Å². The molecule has 2 rings (SSSR count). The maximum Gasteiger partial charge on any atom is 0.458 e. The molecule has 0 aliphatic carbocycles. The zero-order chi connectivity index (χ0) is 17.6. The molecule has 0 saturated carbocycles. The fourth-order valence-electron chi connectivity index (χ4n) is 1.98. The summed E-state index contributed by atoms with van der Waals surface area (Å²) in [5.41, 5.74) is -3.69. The Bertz CT molecular complexity index is 711. The lowest BCUT2D eigenvalue weighted by molar-refractivity contribution is -0.289. The number of hydrogen-bond donors (Lipinski definition) is 1. The van der Waals surface area contributed by atoms with E-state index in [9.17, 15) is 35.1 Å². The van der Waals surface area contributed by atoms with Crippen molar-refractivity contribution in [3.05, 3.63) is 41.2 Å². The summed E-state index contributed by atoms with van der Waals surface area (Å²) in [6, 6.07) is 1.82. The molecule has 126 valence electrons. The first-order chi connectivity index (χ1) is 10.4. The summed E-state index contributed by atoms with van der Waals surface area (Å²) in [5.74, 6) is -5.18. The third-order valence-electron chi connectivity index (χ3n) is 3.17. The highest BCUT2D eigenvalue weighted by Gasteiger charge is 2.58. The molecule has 1 aromatic heterocycles. The van der Waals surface area contributed by atoms with Crippen LogP contribution >= 0.6 is 0 Å². The Labute approximate surface area is 124 Å². The quantitative estimate of drug-likeness (QED) is 0.758. The number of nitrogens with one attached hydrogen (secondary N) is 1. The van der Waals surface area contributed by atoms with E-state index in [-0.39, 0.29) is 5.56 Å². The highest BCUT2D eigenvalue weighted by Crippen LogP contribution is 2.45. The summed E-state index contributed by atoms with van der Waals surface area (Å²) in [5, 5.41) is 4.87. The van der Waals surface area contributed by atoms with Gasteiger partial charge in [-0.05, 0) is 24.1 Å². The Kier molecular flexibility index (Phi) is 3.90. The summed E-state index contributed by atoms with van der Waals surface area (Å²) in [7, 11) is 0. The molecule has 2 aromatic rings. The second kappa shape index (κ2) is 5.20. The standard InChI is InChI=1S/C13H8F8N2/c1-6-2-3-7(11(14,15)13(19,20)21)4-8(6)9-5-22-23-10(9)12(16,17)18/h2-5H,1H3,(H,22,23). The normalized spacial score (nSPS) is 13.4. The van der Waals surface area contributed by atoms with E-state index in [1.54, 1.807) is 5.10 Å². The monoisotopic (exact) mass is 344 g/mol. The number of aromatic nitrogens is 2. The van der Waals surface area contributed by atoms with Crippen LogP contribution in [-0.2, 0) is 12.1 Å². The minimum absolute atomic E-state index is 0.0959. The van der Waals surface area contributed by atoms with Gasteiger partial charge in [-0.2, -0.15) is 40.2 Å². The summed E-state index contributed by atoms with van der Waals surface area (Å²) in [6.07, 6.45) is -10.00. The number of halogens is 8. The molecule has 0 atom stereocenters. The van der Waals surface area contributed by atoms with Crippen molar-refractivity contribution in [2.24, 2.45) is 0 Å². The molecule has 1 heterocycles. The zero-order valence-electron chi connectivity index (χ0n) is 11.3. The van der Waals surface area contributed by atoms with Gasteiger partial charge in [0.2, 0.25) is 0 Å². The van der Waals surface area contributed by atoms with Crippen LogP contribution in [0.5, 0.6) is 0 Å². The van der Waals surface area contributed by atoms with Crippen molar-refractivity contribution in [3.8, 4) is 11.1 Å². The Morgan fingerprint density at radius 1 is 0.913 bits per heavy atom. The van der Waals surface area contributed by atoms with E-state index in [1.165, 1.54) is 6.92 Å². The van der Waals surface area contributed by atoms with Crippen molar-refractivity contribution in [3.63, 3.8) is 0 Å². The van der Waals surface area contributed by atoms with Gasteiger partial charge >= 0.3 is 18.3 Å². The molecule has 0 radical (unpaired) electrons. The Morgan fingerprint density at radius 3 is 2.04 bits per heavy atom. The van der Waals surface area contributed by atoms with Crippen molar-refractivity contribution in [2.45, 2.75) is 25.2 Å². The van der Waals surface area contributed by atoms with Crippen molar-refractivity contribution >= 4 is 0 Å². The van der Waals surface area contributed by atoms with Crippen LogP contribution in [0, 0.1) is 6.92 Å². The first-order valence-corrected chi connectivity index (χ1v) is 6.02. The van der Waals surface area contributed by atoms with Crippen LogP contribution in [-0.4, -0.2) is 16.4 Å². The van der Waals surface area contributed by atoms with Gasteiger partial charge in [0.1, 0.15) is 5.69 Å². The van der Waals surface area contributed by atoms with E-state index in [2.05, 4.69) is 5.10 Å². The Hall–Kier alpha value is -2.13. The first kappa shape index (κ1) is 17.2. The van der Waals surface area contributed by atoms with Crippen molar-refractivity contribution in [1.29, 1.82) is 0 Å². The zero-order valence-corrected chi connectivity index (χ0v) is 11.3. The van der Waals surface area contributed by atoms with Gasteiger partial charge in [0.05, 0.1) is 6.20 Å². The van der Waals surface area contributed by atoms with E-state index in [1.807, 2.05) is 0 Å². The molecule has 0 unspecified atom stereocenters. The molecule has 0 fully saturated rings. The van der Waals surface area contributed by atoms with Gasteiger partial charge < -0.3 is 0 Å². The molecule has 0 aliphatic heterocycles. The molecule has 23 heavy (non-hydrogen) atoms. The van der Waals surface area contributed by atoms with E-state index in [0.717, 1.165) is 12.3 Å². The van der Waals surface area contributed by atoms with Crippen LogP contribution in [0.25, 0.3) is 11.1 Å². The van der Waals surface area contributed by atoms with Crippen molar-refractivity contribution in [2.75, 3.05) is 0 Å². The number of alkyl halides is 8. The molecule has 0 aliphatic rings. The van der Waals surface area contributed by atoms with Crippen LogP contribution in [0.4, 0.5) is 35.1 Å². The molecule has 0 bridgehead atoms. The van der Waals surface area contributed by atoms with Gasteiger partial charge in [-0.15, -0.1) is 0 Å². The maximum absolute atomic E-state index is 13.4. The summed E-state index contributed by atoms with van der Waals surface area (Å²) >= 11 is 0. The minimum atomic E-state index is -5.86. The molecule has 0 spiro atoms. The molecule has 0 amide bonds. The van der Waals surface area contributed by atoms with E-state index >= 15 is 0 Å². The highest BCUT2D eigenvalue weighted by atomic mass is 19.4.